The van der Waals surface area contributed by atoms with Crippen LogP contribution in [0.25, 0.3) is 11.0 Å². The number of nitrogens with zero attached hydrogens (tertiary/aromatic N) is 2. The molecule has 0 spiro atoms. The van der Waals surface area contributed by atoms with Crippen LogP contribution in [-0.2, 0) is 6.42 Å². The van der Waals surface area contributed by atoms with Gasteiger partial charge in [0.15, 0.2) is 0 Å². The van der Waals surface area contributed by atoms with E-state index in [1.54, 1.807) is 11.3 Å². The largest absolute Gasteiger partial charge is 0.321 e. The van der Waals surface area contributed by atoms with Gasteiger partial charge in [0, 0.05) is 16.8 Å². The second-order valence-electron chi connectivity index (χ2n) is 4.70. The summed E-state index contributed by atoms with van der Waals surface area (Å²) in [5.74, 6) is 1.63. The monoisotopic (exact) mass is 368 g/mol. The summed E-state index contributed by atoms with van der Waals surface area (Å²) in [6, 6.07) is 8.64. The van der Waals surface area contributed by atoms with E-state index in [0.717, 1.165) is 27.8 Å². The molecule has 1 unspecified atom stereocenters. The number of alkyl halides is 1. The Hall–Kier alpha value is -0.840. The number of thiophene rings is 1. The van der Waals surface area contributed by atoms with Crippen LogP contribution < -0.4 is 0 Å². The van der Waals surface area contributed by atoms with E-state index in [1.807, 2.05) is 12.1 Å². The van der Waals surface area contributed by atoms with Gasteiger partial charge >= 0.3 is 0 Å². The zero-order valence-corrected chi connectivity index (χ0v) is 14.2. The van der Waals surface area contributed by atoms with Crippen molar-refractivity contribution in [3.8, 4) is 0 Å². The van der Waals surface area contributed by atoms with Gasteiger partial charge in [-0.1, -0.05) is 15.9 Å². The quantitative estimate of drug-likeness (QED) is 0.574. The molecule has 0 aliphatic rings. The molecule has 0 saturated heterocycles. The molecule has 2 heterocycles. The van der Waals surface area contributed by atoms with E-state index in [-0.39, 0.29) is 6.04 Å². The number of imidazole rings is 1. The van der Waals surface area contributed by atoms with Gasteiger partial charge in [-0.05, 0) is 47.5 Å². The highest BCUT2D eigenvalue weighted by Gasteiger charge is 2.17. The molecule has 0 aliphatic carbocycles. The summed E-state index contributed by atoms with van der Waals surface area (Å²) in [5.41, 5.74) is 3.48. The van der Waals surface area contributed by atoms with Crippen molar-refractivity contribution in [2.75, 3.05) is 5.88 Å². The number of fused-ring (bicyclic) bond motifs is 1. The Morgan fingerprint density at radius 2 is 2.25 bits per heavy atom. The topological polar surface area (TPSA) is 17.8 Å². The van der Waals surface area contributed by atoms with Gasteiger partial charge in [-0.2, -0.15) is 11.3 Å². The zero-order chi connectivity index (χ0) is 14.1. The minimum absolute atomic E-state index is 0.263. The zero-order valence-electron chi connectivity index (χ0n) is 11.0. The first-order valence-electron chi connectivity index (χ1n) is 6.45. The average molecular weight is 370 g/mol. The van der Waals surface area contributed by atoms with Crippen molar-refractivity contribution < 1.29 is 0 Å². The summed E-state index contributed by atoms with van der Waals surface area (Å²) < 4.78 is 3.37. The first-order valence-corrected chi connectivity index (χ1v) is 8.72. The summed E-state index contributed by atoms with van der Waals surface area (Å²) in [6.45, 7) is 2.21. The maximum absolute atomic E-state index is 5.94. The molecule has 2 aromatic heterocycles. The third-order valence-electron chi connectivity index (χ3n) is 3.46. The van der Waals surface area contributed by atoms with Crippen LogP contribution in [0.4, 0.5) is 0 Å². The van der Waals surface area contributed by atoms with Gasteiger partial charge in [0.1, 0.15) is 5.82 Å². The molecule has 1 atom stereocenters. The summed E-state index contributed by atoms with van der Waals surface area (Å²) in [5, 5.41) is 4.31. The van der Waals surface area contributed by atoms with E-state index >= 15 is 0 Å². The predicted octanol–water partition coefficient (Wildman–Crippen LogP) is 5.25. The van der Waals surface area contributed by atoms with Crippen molar-refractivity contribution in [2.45, 2.75) is 19.4 Å². The molecule has 0 saturated carbocycles. The molecule has 0 aliphatic heterocycles. The Balaban J connectivity index is 2.19. The molecule has 0 radical (unpaired) electrons. The molecule has 20 heavy (non-hydrogen) atoms. The van der Waals surface area contributed by atoms with E-state index < -0.39 is 0 Å². The molecule has 5 heteroatoms. The van der Waals surface area contributed by atoms with Crippen LogP contribution in [0.2, 0.25) is 0 Å². The number of hydrogen-bond acceptors (Lipinski definition) is 2. The van der Waals surface area contributed by atoms with E-state index in [9.17, 15) is 0 Å². The van der Waals surface area contributed by atoms with Gasteiger partial charge < -0.3 is 4.57 Å². The highest BCUT2D eigenvalue weighted by molar-refractivity contribution is 9.10. The average Bonchev–Trinajstić information content (AvgIpc) is 3.05. The van der Waals surface area contributed by atoms with Crippen LogP contribution in [0.1, 0.15) is 24.4 Å². The predicted molar refractivity (Wildman–Crippen MR) is 90.0 cm³/mol. The van der Waals surface area contributed by atoms with Gasteiger partial charge in [-0.25, -0.2) is 4.98 Å². The first-order chi connectivity index (χ1) is 9.70. The highest BCUT2D eigenvalue weighted by atomic mass is 79.9. The van der Waals surface area contributed by atoms with Gasteiger partial charge in [0.05, 0.1) is 17.1 Å². The fourth-order valence-electron chi connectivity index (χ4n) is 2.47. The normalized spacial score (nSPS) is 12.9. The van der Waals surface area contributed by atoms with Crippen molar-refractivity contribution >= 4 is 49.9 Å². The number of aryl methyl sites for hydroxylation is 1. The Bertz CT molecular complexity index is 721. The molecule has 1 aromatic carbocycles. The second-order valence-corrected chi connectivity index (χ2v) is 6.78. The minimum Gasteiger partial charge on any atom is -0.321 e. The summed E-state index contributed by atoms with van der Waals surface area (Å²) in [6.07, 6.45) is 0.780. The number of hydrogen-bond donors (Lipinski definition) is 0. The molecule has 0 fully saturated rings. The minimum atomic E-state index is 0.263. The molecule has 0 bridgehead atoms. The van der Waals surface area contributed by atoms with Crippen molar-refractivity contribution in [3.63, 3.8) is 0 Å². The van der Waals surface area contributed by atoms with Crippen molar-refractivity contribution in [3.05, 3.63) is 50.9 Å². The lowest BCUT2D eigenvalue weighted by atomic mass is 10.1. The third-order valence-corrected chi connectivity index (χ3v) is 4.84. The van der Waals surface area contributed by atoms with E-state index in [0.29, 0.717) is 5.88 Å². The molecular weight excluding hydrogens is 356 g/mol. The maximum atomic E-state index is 5.94. The van der Waals surface area contributed by atoms with Crippen LogP contribution in [0, 0.1) is 0 Å². The lowest BCUT2D eigenvalue weighted by Gasteiger charge is -2.16. The molecule has 0 amide bonds. The van der Waals surface area contributed by atoms with Crippen LogP contribution in [0.15, 0.2) is 39.5 Å². The van der Waals surface area contributed by atoms with Crippen molar-refractivity contribution in [2.24, 2.45) is 0 Å². The first kappa shape index (κ1) is 14.1. The molecular formula is C15H14BrClN2S. The molecule has 104 valence electrons. The molecule has 3 rings (SSSR count). The van der Waals surface area contributed by atoms with Crippen LogP contribution in [0.3, 0.4) is 0 Å². The Labute approximate surface area is 135 Å². The summed E-state index contributed by atoms with van der Waals surface area (Å²) in [4.78, 5) is 4.74. The van der Waals surface area contributed by atoms with E-state index in [2.05, 4.69) is 50.3 Å². The Kier molecular flexibility index (Phi) is 4.15. The van der Waals surface area contributed by atoms with Crippen LogP contribution in [0.5, 0.6) is 0 Å². The third kappa shape index (κ3) is 2.52. The fourth-order valence-corrected chi connectivity index (χ4v) is 3.74. The molecule has 0 N–H and O–H groups in total. The lowest BCUT2D eigenvalue weighted by Crippen LogP contribution is -2.10. The Morgan fingerprint density at radius 1 is 1.40 bits per heavy atom. The van der Waals surface area contributed by atoms with E-state index in [4.69, 9.17) is 16.6 Å². The van der Waals surface area contributed by atoms with Crippen molar-refractivity contribution in [1.82, 2.24) is 9.55 Å². The summed E-state index contributed by atoms with van der Waals surface area (Å²) >= 11 is 11.2. The fraction of sp³-hybridized carbons (Fsp3) is 0.267. The van der Waals surface area contributed by atoms with Gasteiger partial charge in [0.2, 0.25) is 0 Å². The summed E-state index contributed by atoms with van der Waals surface area (Å²) in [7, 11) is 0. The SMILES string of the molecule is CC(c1ccsc1)n1c(CCCl)nc2ccc(Br)cc21. The van der Waals surface area contributed by atoms with Gasteiger partial charge in [-0.15, -0.1) is 11.6 Å². The van der Waals surface area contributed by atoms with E-state index in [1.165, 1.54) is 5.56 Å². The van der Waals surface area contributed by atoms with Gasteiger partial charge in [0.25, 0.3) is 0 Å². The van der Waals surface area contributed by atoms with Crippen LogP contribution in [-0.4, -0.2) is 15.4 Å². The number of benzene rings is 1. The number of halogens is 2. The number of rotatable bonds is 4. The maximum Gasteiger partial charge on any atom is 0.111 e. The number of aromatic nitrogens is 2. The highest BCUT2D eigenvalue weighted by Crippen LogP contribution is 2.29. The van der Waals surface area contributed by atoms with Crippen molar-refractivity contribution in [1.29, 1.82) is 0 Å². The smallest absolute Gasteiger partial charge is 0.111 e. The molecule has 2 nitrogen and oxygen atoms in total. The second kappa shape index (κ2) is 5.88. The van der Waals surface area contributed by atoms with Gasteiger partial charge in [-0.3, -0.25) is 0 Å². The van der Waals surface area contributed by atoms with Crippen LogP contribution >= 0.6 is 38.9 Å². The molecule has 3 aromatic rings. The standard InChI is InChI=1S/C15H14BrClN2S/c1-10(11-5-7-20-9-11)19-14-8-12(16)2-3-13(14)18-15(19)4-6-17/h2-3,5,7-10H,4,6H2,1H3. The Morgan fingerprint density at radius 3 is 2.95 bits per heavy atom. The lowest BCUT2D eigenvalue weighted by molar-refractivity contribution is 0.625.